The molecule has 2 atom stereocenters. The Balaban J connectivity index is 1.84. The Morgan fingerprint density at radius 1 is 1.17 bits per heavy atom. The monoisotopic (exact) mass is 514 g/mol. The molecule has 0 radical (unpaired) electrons. The van der Waals surface area contributed by atoms with E-state index in [0.29, 0.717) is 35.9 Å². The standard InChI is InChI=1S/C25H30N4O4S2/c1-35-12-11-22(25(31)32)28-23(30)14-33-24-21(27-13-17(26)15-34)10-9-20(29-24)19-8-4-6-16-5-2-3-7-18(16)19/h2-10,17,22,27,34H,11-15,26H2,1H3,(H,28,30)(H,31,32). The van der Waals surface area contributed by atoms with Crippen LogP contribution in [-0.4, -0.2) is 65.0 Å². The Kier molecular flexibility index (Phi) is 10.1. The maximum atomic E-state index is 12.5. The van der Waals surface area contributed by atoms with Crippen molar-refractivity contribution in [3.05, 3.63) is 54.6 Å². The number of rotatable bonds is 13. The number of hydrogen-bond donors (Lipinski definition) is 5. The molecule has 10 heteroatoms. The Morgan fingerprint density at radius 3 is 2.69 bits per heavy atom. The number of carboxylic acid groups (broad SMARTS) is 1. The number of nitrogens with zero attached hydrogens (tertiary/aromatic N) is 1. The van der Waals surface area contributed by atoms with Crippen LogP contribution in [0.5, 0.6) is 5.88 Å². The molecule has 3 aromatic rings. The normalized spacial score (nSPS) is 12.7. The van der Waals surface area contributed by atoms with Gasteiger partial charge in [0, 0.05) is 23.9 Å². The number of carboxylic acids is 1. The van der Waals surface area contributed by atoms with Crippen molar-refractivity contribution in [1.29, 1.82) is 0 Å². The second-order valence-corrected chi connectivity index (χ2v) is 9.28. The molecular formula is C25H30N4O4S2. The highest BCUT2D eigenvalue weighted by molar-refractivity contribution is 7.98. The van der Waals surface area contributed by atoms with Gasteiger partial charge in [0.05, 0.1) is 11.4 Å². The summed E-state index contributed by atoms with van der Waals surface area (Å²) in [7, 11) is 0. The smallest absolute Gasteiger partial charge is 0.326 e. The highest BCUT2D eigenvalue weighted by Gasteiger charge is 2.20. The lowest BCUT2D eigenvalue weighted by Crippen LogP contribution is -2.43. The second kappa shape index (κ2) is 13.2. The predicted molar refractivity (Wildman–Crippen MR) is 146 cm³/mol. The molecule has 0 fully saturated rings. The highest BCUT2D eigenvalue weighted by Crippen LogP contribution is 2.31. The molecule has 186 valence electrons. The number of amides is 1. The average molecular weight is 515 g/mol. The lowest BCUT2D eigenvalue weighted by Gasteiger charge is -2.17. The van der Waals surface area contributed by atoms with Crippen molar-refractivity contribution in [2.75, 3.05) is 36.2 Å². The number of benzene rings is 2. The fraction of sp³-hybridized carbons (Fsp3) is 0.320. The minimum Gasteiger partial charge on any atom is -0.480 e. The summed E-state index contributed by atoms with van der Waals surface area (Å²) >= 11 is 5.73. The van der Waals surface area contributed by atoms with Crippen LogP contribution in [0.25, 0.3) is 22.0 Å². The summed E-state index contributed by atoms with van der Waals surface area (Å²) in [5.74, 6) is -0.264. The van der Waals surface area contributed by atoms with Crippen LogP contribution in [0.3, 0.4) is 0 Å². The Bertz CT molecular complexity index is 1160. The van der Waals surface area contributed by atoms with E-state index in [1.807, 2.05) is 60.9 Å². The van der Waals surface area contributed by atoms with Crippen LogP contribution in [0, 0.1) is 0 Å². The van der Waals surface area contributed by atoms with Crippen molar-refractivity contribution in [2.45, 2.75) is 18.5 Å². The van der Waals surface area contributed by atoms with Crippen LogP contribution >= 0.6 is 24.4 Å². The number of thiol groups is 1. The van der Waals surface area contributed by atoms with Crippen LogP contribution in [-0.2, 0) is 9.59 Å². The minimum absolute atomic E-state index is 0.181. The van der Waals surface area contributed by atoms with Crippen LogP contribution in [0.1, 0.15) is 6.42 Å². The number of aromatic nitrogens is 1. The van der Waals surface area contributed by atoms with E-state index >= 15 is 0 Å². The molecule has 1 amide bonds. The van der Waals surface area contributed by atoms with E-state index in [4.69, 9.17) is 10.5 Å². The minimum atomic E-state index is -1.08. The van der Waals surface area contributed by atoms with Crippen LogP contribution in [0.15, 0.2) is 54.6 Å². The molecule has 35 heavy (non-hydrogen) atoms. The number of nitrogens with one attached hydrogen (secondary N) is 2. The second-order valence-electron chi connectivity index (χ2n) is 7.93. The van der Waals surface area contributed by atoms with E-state index in [1.165, 1.54) is 11.8 Å². The molecule has 1 heterocycles. The van der Waals surface area contributed by atoms with E-state index in [-0.39, 0.29) is 18.5 Å². The predicted octanol–water partition coefficient (Wildman–Crippen LogP) is 3.27. The summed E-state index contributed by atoms with van der Waals surface area (Å²) in [6, 6.07) is 16.6. The van der Waals surface area contributed by atoms with Gasteiger partial charge in [-0.3, -0.25) is 4.79 Å². The van der Waals surface area contributed by atoms with Gasteiger partial charge in [0.2, 0.25) is 5.88 Å². The Hall–Kier alpha value is -2.95. The average Bonchev–Trinajstić information content (AvgIpc) is 2.88. The molecule has 3 rings (SSSR count). The van der Waals surface area contributed by atoms with Crippen molar-refractivity contribution in [2.24, 2.45) is 5.73 Å². The third-order valence-electron chi connectivity index (χ3n) is 5.30. The SMILES string of the molecule is CSCCC(NC(=O)COc1nc(-c2cccc3ccccc23)ccc1NCC(N)CS)C(=O)O. The summed E-state index contributed by atoms with van der Waals surface area (Å²) in [6.07, 6.45) is 2.21. The summed E-state index contributed by atoms with van der Waals surface area (Å²) in [4.78, 5) is 28.6. The number of pyridine rings is 1. The zero-order valence-corrected chi connectivity index (χ0v) is 21.1. The van der Waals surface area contributed by atoms with E-state index in [1.54, 1.807) is 0 Å². The van der Waals surface area contributed by atoms with Gasteiger partial charge in [0.25, 0.3) is 5.91 Å². The third-order valence-corrected chi connectivity index (χ3v) is 6.41. The number of hydrogen-bond acceptors (Lipinski definition) is 8. The first-order valence-corrected chi connectivity index (χ1v) is 13.2. The number of carbonyl (C=O) groups is 2. The van der Waals surface area contributed by atoms with Gasteiger partial charge in [0.15, 0.2) is 6.61 Å². The number of anilines is 1. The number of ether oxygens (including phenoxy) is 1. The first kappa shape index (κ1) is 26.7. The molecule has 2 unspecified atom stereocenters. The van der Waals surface area contributed by atoms with Gasteiger partial charge in [-0.25, -0.2) is 9.78 Å². The summed E-state index contributed by atoms with van der Waals surface area (Å²) < 4.78 is 5.78. The molecule has 0 saturated carbocycles. The van der Waals surface area contributed by atoms with Gasteiger partial charge in [-0.2, -0.15) is 24.4 Å². The number of fused-ring (bicyclic) bond motifs is 1. The number of thioether (sulfide) groups is 1. The number of nitrogens with two attached hydrogens (primary N) is 1. The molecule has 2 aromatic carbocycles. The molecular weight excluding hydrogens is 484 g/mol. The van der Waals surface area contributed by atoms with Crippen LogP contribution < -0.4 is 21.1 Å². The topological polar surface area (TPSA) is 127 Å². The zero-order valence-electron chi connectivity index (χ0n) is 19.4. The van der Waals surface area contributed by atoms with Crippen LogP contribution in [0.4, 0.5) is 5.69 Å². The molecule has 0 bridgehead atoms. The zero-order chi connectivity index (χ0) is 25.2. The molecule has 8 nitrogen and oxygen atoms in total. The van der Waals surface area contributed by atoms with Crippen molar-refractivity contribution >= 4 is 52.7 Å². The summed E-state index contributed by atoms with van der Waals surface area (Å²) in [5, 5.41) is 17.2. The molecule has 0 saturated heterocycles. The molecule has 0 aliphatic heterocycles. The lowest BCUT2D eigenvalue weighted by molar-refractivity contribution is -0.142. The van der Waals surface area contributed by atoms with Gasteiger partial charge in [0.1, 0.15) is 6.04 Å². The van der Waals surface area contributed by atoms with Crippen molar-refractivity contribution < 1.29 is 19.4 Å². The van der Waals surface area contributed by atoms with Crippen molar-refractivity contribution in [3.8, 4) is 17.1 Å². The van der Waals surface area contributed by atoms with Crippen LogP contribution in [0.2, 0.25) is 0 Å². The van der Waals surface area contributed by atoms with Gasteiger partial charge in [-0.15, -0.1) is 0 Å². The van der Waals surface area contributed by atoms with Gasteiger partial charge in [-0.1, -0.05) is 42.5 Å². The fourth-order valence-corrected chi connectivity index (χ4v) is 4.05. The first-order chi connectivity index (χ1) is 16.9. The van der Waals surface area contributed by atoms with E-state index in [0.717, 1.165) is 16.3 Å². The van der Waals surface area contributed by atoms with Gasteiger partial charge >= 0.3 is 5.97 Å². The van der Waals surface area contributed by atoms with E-state index in [9.17, 15) is 14.7 Å². The maximum Gasteiger partial charge on any atom is 0.326 e. The van der Waals surface area contributed by atoms with Gasteiger partial charge in [-0.05, 0) is 41.3 Å². The summed E-state index contributed by atoms with van der Waals surface area (Å²) in [6.45, 7) is 0.0689. The summed E-state index contributed by atoms with van der Waals surface area (Å²) in [5.41, 5.74) is 8.17. The Labute approximate surface area is 214 Å². The fourth-order valence-electron chi connectivity index (χ4n) is 3.45. The number of aliphatic carboxylic acids is 1. The molecule has 0 aliphatic rings. The van der Waals surface area contributed by atoms with Crippen molar-refractivity contribution in [1.82, 2.24) is 10.3 Å². The molecule has 0 spiro atoms. The molecule has 1 aromatic heterocycles. The van der Waals surface area contributed by atoms with E-state index < -0.39 is 17.9 Å². The number of carbonyl (C=O) groups excluding carboxylic acids is 1. The van der Waals surface area contributed by atoms with Crippen molar-refractivity contribution in [3.63, 3.8) is 0 Å². The maximum absolute atomic E-state index is 12.5. The lowest BCUT2D eigenvalue weighted by atomic mass is 10.0. The largest absolute Gasteiger partial charge is 0.480 e. The molecule has 0 aliphatic carbocycles. The highest BCUT2D eigenvalue weighted by atomic mass is 32.2. The third kappa shape index (κ3) is 7.51. The quantitative estimate of drug-likeness (QED) is 0.220. The van der Waals surface area contributed by atoms with E-state index in [2.05, 4.69) is 28.2 Å². The first-order valence-electron chi connectivity index (χ1n) is 11.2. The molecule has 5 N–H and O–H groups in total. The van der Waals surface area contributed by atoms with Gasteiger partial charge < -0.3 is 26.2 Å². The Morgan fingerprint density at radius 2 is 1.94 bits per heavy atom.